The Morgan fingerprint density at radius 3 is 2.47 bits per heavy atom. The van der Waals surface area contributed by atoms with Crippen LogP contribution in [0.4, 0.5) is 0 Å². The number of phenolic OH excluding ortho intramolecular Hbond substituents is 1. The number of nitrogens with zero attached hydrogens (tertiary/aromatic N) is 1. The van der Waals surface area contributed by atoms with E-state index in [1.807, 2.05) is 0 Å². The van der Waals surface area contributed by atoms with Crippen LogP contribution in [0.25, 0.3) is 4.91 Å². The molecule has 0 saturated carbocycles. The predicted molar refractivity (Wildman–Crippen MR) is 58.3 cm³/mol. The number of rotatable bonds is 1. The Kier molecular flexibility index (Phi) is 2.28. The van der Waals surface area contributed by atoms with Crippen molar-refractivity contribution in [3.05, 3.63) is 36.0 Å². The Balaban J connectivity index is 2.59. The molecular weight excluding hydrogens is 238 g/mol. The molecule has 0 bridgehead atoms. The van der Waals surface area contributed by atoms with Crippen molar-refractivity contribution in [2.75, 3.05) is 0 Å². The van der Waals surface area contributed by atoms with Gasteiger partial charge in [0, 0.05) is 11.8 Å². The second kappa shape index (κ2) is 3.36. The van der Waals surface area contributed by atoms with Gasteiger partial charge in [-0.25, -0.2) is 13.4 Å². The average molecular weight is 244 g/mol. The van der Waals surface area contributed by atoms with E-state index in [1.165, 1.54) is 12.1 Å². The summed E-state index contributed by atoms with van der Waals surface area (Å²) in [5.74, 6) is -0.117. The topological polar surface area (TPSA) is 66.7 Å². The number of para-hydroxylation sites is 1. The molecule has 4 nitrogen and oxygen atoms in total. The third-order valence-electron chi connectivity index (χ3n) is 1.96. The Morgan fingerprint density at radius 1 is 1.27 bits per heavy atom. The average Bonchev–Trinajstić information content (AvgIpc) is 2.44. The van der Waals surface area contributed by atoms with E-state index in [-0.39, 0.29) is 16.2 Å². The molecule has 0 fully saturated rings. The molecule has 0 radical (unpaired) electrons. The summed E-state index contributed by atoms with van der Waals surface area (Å²) in [6.45, 7) is 0. The lowest BCUT2D eigenvalue weighted by Gasteiger charge is -2.04. The van der Waals surface area contributed by atoms with E-state index in [0.29, 0.717) is 0 Å². The number of benzene rings is 1. The minimum Gasteiger partial charge on any atom is -0.507 e. The molecule has 0 aliphatic carbocycles. The van der Waals surface area contributed by atoms with Gasteiger partial charge in [-0.15, -0.1) is 0 Å². The lowest BCUT2D eigenvalue weighted by atomic mass is 10.2. The molecule has 1 N–H and O–H groups in total. The van der Waals surface area contributed by atoms with Gasteiger partial charge >= 0.3 is 0 Å². The molecule has 0 atom stereocenters. The van der Waals surface area contributed by atoms with Gasteiger partial charge in [-0.05, 0) is 23.7 Å². The highest BCUT2D eigenvalue weighted by atomic mass is 35.5. The number of hydrogen-bond acceptors (Lipinski definition) is 4. The van der Waals surface area contributed by atoms with Crippen molar-refractivity contribution in [1.82, 2.24) is 0 Å². The predicted octanol–water partition coefficient (Wildman–Crippen LogP) is 1.71. The van der Waals surface area contributed by atoms with Crippen LogP contribution in [-0.4, -0.2) is 18.0 Å². The third-order valence-corrected chi connectivity index (χ3v) is 4.12. The third kappa shape index (κ3) is 1.53. The summed E-state index contributed by atoms with van der Waals surface area (Å²) < 4.78 is 22.7. The van der Waals surface area contributed by atoms with Crippen LogP contribution in [0.15, 0.2) is 35.5 Å². The number of phenols is 1. The summed E-state index contributed by atoms with van der Waals surface area (Å²) in [6, 6.07) is 6.11. The quantitative estimate of drug-likeness (QED) is 0.817. The number of halogens is 1. The maximum absolute atomic E-state index is 11.6. The first-order valence-corrected chi connectivity index (χ1v) is 5.86. The van der Waals surface area contributed by atoms with Crippen molar-refractivity contribution in [2.45, 2.75) is 0 Å². The smallest absolute Gasteiger partial charge is 0.237 e. The Morgan fingerprint density at radius 2 is 1.93 bits per heavy atom. The van der Waals surface area contributed by atoms with Gasteiger partial charge in [0.25, 0.3) is 0 Å². The first kappa shape index (κ1) is 10.2. The lowest BCUT2D eigenvalue weighted by Crippen LogP contribution is -2.06. The zero-order valence-corrected chi connectivity index (χ0v) is 8.96. The molecule has 1 aromatic rings. The molecule has 0 amide bonds. The maximum atomic E-state index is 11.6. The van der Waals surface area contributed by atoms with Crippen LogP contribution >= 0.6 is 11.6 Å². The minimum atomic E-state index is -3.72. The molecule has 78 valence electrons. The van der Waals surface area contributed by atoms with E-state index in [2.05, 4.69) is 4.99 Å². The second-order valence-electron chi connectivity index (χ2n) is 2.90. The molecule has 0 unspecified atom stereocenters. The highest BCUT2D eigenvalue weighted by Gasteiger charge is 2.30. The molecule has 0 aromatic heterocycles. The molecule has 1 heterocycles. The summed E-state index contributed by atoms with van der Waals surface area (Å²) in [6.07, 6.45) is 1.13. The van der Waals surface area contributed by atoms with Crippen molar-refractivity contribution in [2.24, 2.45) is 4.99 Å². The number of sulfone groups is 1. The van der Waals surface area contributed by atoms with E-state index in [0.717, 1.165) is 6.20 Å². The molecule has 0 saturated heterocycles. The Bertz CT molecular complexity index is 575. The van der Waals surface area contributed by atoms with E-state index in [4.69, 9.17) is 11.6 Å². The fraction of sp³-hybridized carbons (Fsp3) is 0. The molecule has 6 heteroatoms. The van der Waals surface area contributed by atoms with E-state index < -0.39 is 14.3 Å². The Hall–Kier alpha value is -1.33. The van der Waals surface area contributed by atoms with Gasteiger partial charge in [0.05, 0.1) is 0 Å². The first-order chi connectivity index (χ1) is 7.03. The maximum Gasteiger partial charge on any atom is 0.237 e. The van der Waals surface area contributed by atoms with Crippen LogP contribution in [0.2, 0.25) is 0 Å². The van der Waals surface area contributed by atoms with Gasteiger partial charge < -0.3 is 5.11 Å². The van der Waals surface area contributed by atoms with Gasteiger partial charge in [-0.1, -0.05) is 12.1 Å². The summed E-state index contributed by atoms with van der Waals surface area (Å²) in [7, 11) is -3.72. The largest absolute Gasteiger partial charge is 0.507 e. The van der Waals surface area contributed by atoms with Crippen molar-refractivity contribution < 1.29 is 13.5 Å². The SMILES string of the molecule is O=S1(=O)C(c2ccccc2O)=CN=C1Cl. The zero-order chi connectivity index (χ0) is 11.1. The molecule has 2 rings (SSSR count). The van der Waals surface area contributed by atoms with Crippen LogP contribution in [0.5, 0.6) is 5.75 Å². The Labute approximate surface area is 91.4 Å². The first-order valence-electron chi connectivity index (χ1n) is 4.00. The van der Waals surface area contributed by atoms with Crippen LogP contribution in [-0.2, 0) is 9.84 Å². The zero-order valence-electron chi connectivity index (χ0n) is 7.38. The summed E-state index contributed by atoms with van der Waals surface area (Å²) in [5, 5.41) is 9.49. The molecule has 1 aliphatic rings. The second-order valence-corrected chi connectivity index (χ2v) is 5.31. The number of aliphatic imine (C=N–C) groups is 1. The highest BCUT2D eigenvalue weighted by Crippen LogP contribution is 2.33. The fourth-order valence-corrected chi connectivity index (χ4v) is 2.56. The van der Waals surface area contributed by atoms with E-state index in [9.17, 15) is 13.5 Å². The summed E-state index contributed by atoms with van der Waals surface area (Å²) in [4.78, 5) is 3.43. The van der Waals surface area contributed by atoms with E-state index in [1.54, 1.807) is 12.1 Å². The monoisotopic (exact) mass is 243 g/mol. The normalized spacial score (nSPS) is 18.5. The van der Waals surface area contributed by atoms with Crippen LogP contribution in [0.1, 0.15) is 5.56 Å². The van der Waals surface area contributed by atoms with Gasteiger partial charge in [0.15, 0.2) is 0 Å². The molecule has 1 aliphatic heterocycles. The van der Waals surface area contributed by atoms with Crippen molar-refractivity contribution in [3.63, 3.8) is 0 Å². The van der Waals surface area contributed by atoms with Crippen LogP contribution in [0, 0.1) is 0 Å². The van der Waals surface area contributed by atoms with Gasteiger partial charge in [-0.3, -0.25) is 0 Å². The number of aromatic hydroxyl groups is 1. The van der Waals surface area contributed by atoms with Crippen molar-refractivity contribution in [1.29, 1.82) is 0 Å². The molecule has 15 heavy (non-hydrogen) atoms. The summed E-state index contributed by atoms with van der Waals surface area (Å²) in [5.41, 5.74) is 0.205. The standard InChI is InChI=1S/C9H6ClNO3S/c10-9-11-5-8(15(9,13)14)6-3-1-2-4-7(6)12/h1-5,12H. The fourth-order valence-electron chi connectivity index (χ4n) is 1.24. The van der Waals surface area contributed by atoms with Crippen molar-refractivity contribution >= 4 is 30.8 Å². The highest BCUT2D eigenvalue weighted by molar-refractivity contribution is 8.17. The molecular formula is C9H6ClNO3S. The van der Waals surface area contributed by atoms with Crippen molar-refractivity contribution in [3.8, 4) is 5.75 Å². The van der Waals surface area contributed by atoms with Crippen LogP contribution < -0.4 is 0 Å². The van der Waals surface area contributed by atoms with Crippen LogP contribution in [0.3, 0.4) is 0 Å². The summed E-state index contributed by atoms with van der Waals surface area (Å²) >= 11 is 5.43. The van der Waals surface area contributed by atoms with Gasteiger partial charge in [-0.2, -0.15) is 0 Å². The lowest BCUT2D eigenvalue weighted by molar-refractivity contribution is 0.473. The minimum absolute atomic E-state index is 0.0781. The van der Waals surface area contributed by atoms with Gasteiger partial charge in [0.1, 0.15) is 10.7 Å². The van der Waals surface area contributed by atoms with Gasteiger partial charge in [0.2, 0.25) is 14.3 Å². The molecule has 0 spiro atoms. The molecule has 1 aromatic carbocycles. The number of hydrogen-bond donors (Lipinski definition) is 1. The van der Waals surface area contributed by atoms with E-state index >= 15 is 0 Å².